The number of sulfone groups is 1. The van der Waals surface area contributed by atoms with E-state index in [1.807, 2.05) is 18.2 Å². The van der Waals surface area contributed by atoms with E-state index in [0.717, 1.165) is 19.1 Å². The molecule has 0 atom stereocenters. The van der Waals surface area contributed by atoms with Crippen LogP contribution in [-0.4, -0.2) is 44.3 Å². The summed E-state index contributed by atoms with van der Waals surface area (Å²) in [5.74, 6) is -0.655. The molecule has 20 heavy (non-hydrogen) atoms. The molecule has 1 aliphatic heterocycles. The number of benzene rings is 1. The fourth-order valence-corrected chi connectivity index (χ4v) is 3.33. The number of hydrogen-bond acceptors (Lipinski definition) is 3. The van der Waals surface area contributed by atoms with Gasteiger partial charge < -0.3 is 4.90 Å². The number of rotatable bonds is 3. The first kappa shape index (κ1) is 15.0. The van der Waals surface area contributed by atoms with Crippen molar-refractivity contribution in [2.24, 2.45) is 0 Å². The first-order valence-corrected chi connectivity index (χ1v) is 8.87. The van der Waals surface area contributed by atoms with E-state index in [0.29, 0.717) is 13.1 Å². The van der Waals surface area contributed by atoms with Crippen molar-refractivity contribution >= 4 is 15.7 Å². The molecular weight excluding hydrogens is 274 g/mol. The average molecular weight is 295 g/mol. The summed E-state index contributed by atoms with van der Waals surface area (Å²) in [6.07, 6.45) is 2.84. The minimum Gasteiger partial charge on any atom is -0.342 e. The van der Waals surface area contributed by atoms with E-state index >= 15 is 0 Å². The van der Waals surface area contributed by atoms with Crippen LogP contribution in [0.25, 0.3) is 0 Å². The van der Waals surface area contributed by atoms with Gasteiger partial charge in [-0.15, -0.1) is 0 Å². The van der Waals surface area contributed by atoms with Gasteiger partial charge in [0, 0.05) is 19.3 Å². The Morgan fingerprint density at radius 2 is 1.75 bits per heavy atom. The summed E-state index contributed by atoms with van der Waals surface area (Å²) >= 11 is 0. The second-order valence-corrected chi connectivity index (χ2v) is 8.02. The van der Waals surface area contributed by atoms with Gasteiger partial charge in [-0.05, 0) is 23.8 Å². The van der Waals surface area contributed by atoms with Crippen LogP contribution < -0.4 is 0 Å². The summed E-state index contributed by atoms with van der Waals surface area (Å²) in [5.41, 5.74) is 1.36. The van der Waals surface area contributed by atoms with Crippen LogP contribution in [0, 0.1) is 0 Å². The monoisotopic (exact) mass is 295 g/mol. The Kier molecular flexibility index (Phi) is 4.18. The normalized spacial score (nSPS) is 18.8. The van der Waals surface area contributed by atoms with Gasteiger partial charge in [-0.2, -0.15) is 0 Å². The summed E-state index contributed by atoms with van der Waals surface area (Å²) in [7, 11) is -3.24. The lowest BCUT2D eigenvalue weighted by Crippen LogP contribution is -2.45. The van der Waals surface area contributed by atoms with Crippen LogP contribution in [0.2, 0.25) is 0 Å². The molecule has 0 radical (unpaired) electrons. The Morgan fingerprint density at radius 3 is 2.25 bits per heavy atom. The van der Waals surface area contributed by atoms with Gasteiger partial charge in [-0.1, -0.05) is 37.3 Å². The third-order valence-corrected chi connectivity index (χ3v) is 4.85. The van der Waals surface area contributed by atoms with Crippen molar-refractivity contribution < 1.29 is 13.2 Å². The summed E-state index contributed by atoms with van der Waals surface area (Å²) in [6, 6.07) is 10.3. The molecule has 0 bridgehead atoms. The van der Waals surface area contributed by atoms with Crippen LogP contribution in [-0.2, 0) is 20.0 Å². The predicted molar refractivity (Wildman–Crippen MR) is 79.3 cm³/mol. The molecule has 1 aromatic carbocycles. The Labute approximate surface area is 120 Å². The van der Waals surface area contributed by atoms with E-state index in [9.17, 15) is 13.2 Å². The average Bonchev–Trinajstić information content (AvgIpc) is 2.38. The fraction of sp³-hybridized carbons (Fsp3) is 0.533. The minimum absolute atomic E-state index is 0.0725. The Morgan fingerprint density at radius 1 is 1.20 bits per heavy atom. The van der Waals surface area contributed by atoms with E-state index in [4.69, 9.17) is 0 Å². The second-order valence-electron chi connectivity index (χ2n) is 5.88. The smallest absolute Gasteiger partial charge is 0.237 e. The molecule has 4 nitrogen and oxygen atoms in total. The summed E-state index contributed by atoms with van der Waals surface area (Å²) in [4.78, 5) is 13.6. The quantitative estimate of drug-likeness (QED) is 0.851. The third kappa shape index (κ3) is 3.60. The number of carbonyl (C=O) groups excluding carboxylic acids is 1. The second kappa shape index (κ2) is 5.56. The zero-order valence-corrected chi connectivity index (χ0v) is 12.8. The van der Waals surface area contributed by atoms with Crippen molar-refractivity contribution in [3.63, 3.8) is 0 Å². The highest BCUT2D eigenvalue weighted by Crippen LogP contribution is 2.34. The van der Waals surface area contributed by atoms with Crippen LogP contribution in [0.1, 0.15) is 25.3 Å². The van der Waals surface area contributed by atoms with Crippen molar-refractivity contribution in [3.05, 3.63) is 35.9 Å². The van der Waals surface area contributed by atoms with E-state index in [1.54, 1.807) is 4.90 Å². The molecule has 1 saturated heterocycles. The maximum absolute atomic E-state index is 11.9. The number of piperidine rings is 1. The molecule has 1 aromatic rings. The molecule has 1 amide bonds. The predicted octanol–water partition coefficient (Wildman–Crippen LogP) is 1.61. The third-order valence-electron chi connectivity index (χ3n) is 4.08. The molecule has 2 rings (SSSR count). The van der Waals surface area contributed by atoms with E-state index in [-0.39, 0.29) is 17.1 Å². The van der Waals surface area contributed by atoms with Crippen molar-refractivity contribution in [1.82, 2.24) is 4.90 Å². The zero-order chi connectivity index (χ0) is 14.8. The lowest BCUT2D eigenvalue weighted by atomic mass is 9.74. The molecular formula is C15H21NO3S. The topological polar surface area (TPSA) is 54.5 Å². The Balaban J connectivity index is 2.01. The number of amides is 1. The van der Waals surface area contributed by atoms with Gasteiger partial charge in [0.2, 0.25) is 5.91 Å². The van der Waals surface area contributed by atoms with E-state index < -0.39 is 9.84 Å². The molecule has 110 valence electrons. The highest BCUT2D eigenvalue weighted by atomic mass is 32.2. The highest BCUT2D eigenvalue weighted by Gasteiger charge is 2.33. The van der Waals surface area contributed by atoms with Crippen LogP contribution in [0.4, 0.5) is 0 Å². The Hall–Kier alpha value is -1.36. The fourth-order valence-electron chi connectivity index (χ4n) is 2.69. The largest absolute Gasteiger partial charge is 0.342 e. The van der Waals surface area contributed by atoms with Crippen molar-refractivity contribution in [2.45, 2.75) is 25.2 Å². The van der Waals surface area contributed by atoms with Gasteiger partial charge >= 0.3 is 0 Å². The number of likely N-dealkylation sites (tertiary alicyclic amines) is 1. The summed E-state index contributed by atoms with van der Waals surface area (Å²) in [6.45, 7) is 3.46. The number of nitrogens with zero attached hydrogens (tertiary/aromatic N) is 1. The van der Waals surface area contributed by atoms with Gasteiger partial charge in [-0.3, -0.25) is 4.79 Å². The standard InChI is InChI=1S/C15H21NO3S/c1-15(13-6-4-3-5-7-13)8-10-16(11-9-15)14(17)12-20(2,18)19/h3-7H,8-12H2,1-2H3. The first-order chi connectivity index (χ1) is 9.30. The zero-order valence-electron chi connectivity index (χ0n) is 12.0. The summed E-state index contributed by atoms with van der Waals surface area (Å²) in [5, 5.41) is 0. The number of hydrogen-bond donors (Lipinski definition) is 0. The molecule has 0 aliphatic carbocycles. The maximum Gasteiger partial charge on any atom is 0.237 e. The molecule has 1 heterocycles. The SMILES string of the molecule is CC1(c2ccccc2)CCN(C(=O)CS(C)(=O)=O)CC1. The molecule has 5 heteroatoms. The highest BCUT2D eigenvalue weighted by molar-refractivity contribution is 7.91. The molecule has 0 unspecified atom stereocenters. The maximum atomic E-state index is 11.9. The van der Waals surface area contributed by atoms with Gasteiger partial charge in [0.25, 0.3) is 0 Å². The van der Waals surface area contributed by atoms with Crippen molar-refractivity contribution in [3.8, 4) is 0 Å². The van der Waals surface area contributed by atoms with Gasteiger partial charge in [0.15, 0.2) is 9.84 Å². The van der Waals surface area contributed by atoms with Gasteiger partial charge in [0.05, 0.1) is 0 Å². The molecule has 1 fully saturated rings. The van der Waals surface area contributed by atoms with Crippen LogP contribution in [0.5, 0.6) is 0 Å². The molecule has 0 aromatic heterocycles. The lowest BCUT2D eigenvalue weighted by Gasteiger charge is -2.39. The Bertz CT molecular complexity index is 572. The lowest BCUT2D eigenvalue weighted by molar-refractivity contribution is -0.129. The molecule has 0 saturated carbocycles. The van der Waals surface area contributed by atoms with Crippen molar-refractivity contribution in [1.29, 1.82) is 0 Å². The summed E-state index contributed by atoms with van der Waals surface area (Å²) < 4.78 is 22.4. The molecule has 0 N–H and O–H groups in total. The van der Waals surface area contributed by atoms with Gasteiger partial charge in [0.1, 0.15) is 5.75 Å². The van der Waals surface area contributed by atoms with Crippen molar-refractivity contribution in [2.75, 3.05) is 25.1 Å². The van der Waals surface area contributed by atoms with Gasteiger partial charge in [-0.25, -0.2) is 8.42 Å². The van der Waals surface area contributed by atoms with Crippen LogP contribution in [0.15, 0.2) is 30.3 Å². The van der Waals surface area contributed by atoms with Crippen LogP contribution in [0.3, 0.4) is 0 Å². The minimum atomic E-state index is -3.24. The van der Waals surface area contributed by atoms with E-state index in [2.05, 4.69) is 19.1 Å². The number of carbonyl (C=O) groups is 1. The first-order valence-electron chi connectivity index (χ1n) is 6.81. The molecule has 0 spiro atoms. The van der Waals surface area contributed by atoms with Crippen LogP contribution >= 0.6 is 0 Å². The molecule has 1 aliphatic rings. The van der Waals surface area contributed by atoms with E-state index in [1.165, 1.54) is 5.56 Å².